The van der Waals surface area contributed by atoms with E-state index in [1.807, 2.05) is 38.1 Å². The van der Waals surface area contributed by atoms with E-state index >= 15 is 0 Å². The summed E-state index contributed by atoms with van der Waals surface area (Å²) in [5.41, 5.74) is 1.17. The minimum absolute atomic E-state index is 0.0661. The molecule has 0 radical (unpaired) electrons. The molecule has 0 unspecified atom stereocenters. The van der Waals surface area contributed by atoms with Crippen LogP contribution in [-0.4, -0.2) is 31.3 Å². The van der Waals surface area contributed by atoms with Crippen LogP contribution in [0.1, 0.15) is 31.7 Å². The second-order valence-electron chi connectivity index (χ2n) is 5.21. The first kappa shape index (κ1) is 14.9. The van der Waals surface area contributed by atoms with Crippen LogP contribution in [0, 0.1) is 6.92 Å². The van der Waals surface area contributed by atoms with E-state index in [-0.39, 0.29) is 12.0 Å². The van der Waals surface area contributed by atoms with Crippen molar-refractivity contribution in [2.45, 2.75) is 45.3 Å². The van der Waals surface area contributed by atoms with Gasteiger partial charge in [-0.2, -0.15) is 0 Å². The summed E-state index contributed by atoms with van der Waals surface area (Å²) in [6, 6.07) is 7.75. The highest BCUT2D eigenvalue weighted by Gasteiger charge is 2.21. The van der Waals surface area contributed by atoms with Crippen LogP contribution < -0.4 is 10.1 Å². The molecule has 4 heteroatoms. The number of carbonyl (C=O) groups is 1. The Labute approximate surface area is 120 Å². The first-order valence-corrected chi connectivity index (χ1v) is 7.31. The average Bonchev–Trinajstić information content (AvgIpc) is 2.97. The van der Waals surface area contributed by atoms with Crippen LogP contribution >= 0.6 is 0 Å². The van der Waals surface area contributed by atoms with Crippen molar-refractivity contribution < 1.29 is 14.3 Å². The number of ether oxygens (including phenoxy) is 2. The van der Waals surface area contributed by atoms with Crippen molar-refractivity contribution in [3.63, 3.8) is 0 Å². The Hall–Kier alpha value is -1.55. The predicted molar refractivity (Wildman–Crippen MR) is 77.9 cm³/mol. The predicted octanol–water partition coefficient (Wildman–Crippen LogP) is 2.45. The first-order valence-electron chi connectivity index (χ1n) is 7.31. The summed E-state index contributed by atoms with van der Waals surface area (Å²) in [6.45, 7) is 5.35. The summed E-state index contributed by atoms with van der Waals surface area (Å²) in [5.74, 6) is 0.665. The van der Waals surface area contributed by atoms with Crippen molar-refractivity contribution in [3.05, 3.63) is 29.8 Å². The minimum Gasteiger partial charge on any atom is -0.481 e. The molecule has 2 rings (SSSR count). The highest BCUT2D eigenvalue weighted by molar-refractivity contribution is 5.81. The zero-order valence-corrected chi connectivity index (χ0v) is 12.2. The van der Waals surface area contributed by atoms with Crippen LogP contribution in [0.3, 0.4) is 0 Å². The van der Waals surface area contributed by atoms with E-state index in [9.17, 15) is 4.79 Å². The molecule has 0 saturated carbocycles. The first-order chi connectivity index (χ1) is 9.69. The molecular formula is C16H23NO3. The van der Waals surface area contributed by atoms with Gasteiger partial charge in [-0.1, -0.05) is 24.6 Å². The molecule has 1 aromatic carbocycles. The van der Waals surface area contributed by atoms with E-state index in [0.717, 1.165) is 25.2 Å². The number of aryl methyl sites for hydroxylation is 1. The Morgan fingerprint density at radius 3 is 2.80 bits per heavy atom. The van der Waals surface area contributed by atoms with Crippen molar-refractivity contribution in [2.75, 3.05) is 13.2 Å². The second-order valence-corrected chi connectivity index (χ2v) is 5.21. The Morgan fingerprint density at radius 2 is 2.20 bits per heavy atom. The second kappa shape index (κ2) is 7.29. The molecule has 1 aliphatic heterocycles. The van der Waals surface area contributed by atoms with Gasteiger partial charge >= 0.3 is 0 Å². The molecule has 0 spiro atoms. The Morgan fingerprint density at radius 1 is 1.45 bits per heavy atom. The SMILES string of the molecule is CC[C@@H](Oc1ccc(C)cc1)C(=O)NC[C@H]1CCCO1. The molecule has 1 saturated heterocycles. The van der Waals surface area contributed by atoms with Crippen LogP contribution in [-0.2, 0) is 9.53 Å². The van der Waals surface area contributed by atoms with Crippen molar-refractivity contribution in [3.8, 4) is 5.75 Å². The number of amides is 1. The molecule has 1 heterocycles. The summed E-state index contributed by atoms with van der Waals surface area (Å²) in [6.07, 6.45) is 2.47. The summed E-state index contributed by atoms with van der Waals surface area (Å²) < 4.78 is 11.2. The van der Waals surface area contributed by atoms with Gasteiger partial charge in [0.15, 0.2) is 6.10 Å². The third kappa shape index (κ3) is 4.23. The molecule has 4 nitrogen and oxygen atoms in total. The lowest BCUT2D eigenvalue weighted by molar-refractivity contribution is -0.128. The minimum atomic E-state index is -0.445. The standard InChI is InChI=1S/C16H23NO3/c1-3-15(20-13-8-6-12(2)7-9-13)16(18)17-11-14-5-4-10-19-14/h6-9,14-15H,3-5,10-11H2,1-2H3,(H,17,18)/t14-,15-/m1/s1. The number of hydrogen-bond acceptors (Lipinski definition) is 3. The molecule has 0 bridgehead atoms. The fraction of sp³-hybridized carbons (Fsp3) is 0.562. The maximum atomic E-state index is 12.1. The topological polar surface area (TPSA) is 47.6 Å². The van der Waals surface area contributed by atoms with Gasteiger partial charge in [0, 0.05) is 13.2 Å². The van der Waals surface area contributed by atoms with Gasteiger partial charge in [0.05, 0.1) is 6.10 Å². The fourth-order valence-electron chi connectivity index (χ4n) is 2.24. The van der Waals surface area contributed by atoms with Gasteiger partial charge < -0.3 is 14.8 Å². The summed E-state index contributed by atoms with van der Waals surface area (Å²) in [7, 11) is 0. The lowest BCUT2D eigenvalue weighted by Crippen LogP contribution is -2.41. The van der Waals surface area contributed by atoms with Crippen molar-refractivity contribution in [1.29, 1.82) is 0 Å². The van der Waals surface area contributed by atoms with E-state index in [0.29, 0.717) is 13.0 Å². The third-order valence-electron chi connectivity index (χ3n) is 3.49. The van der Waals surface area contributed by atoms with Gasteiger partial charge in [0.1, 0.15) is 5.75 Å². The van der Waals surface area contributed by atoms with Crippen molar-refractivity contribution in [2.24, 2.45) is 0 Å². The molecule has 0 aliphatic carbocycles. The fourth-order valence-corrected chi connectivity index (χ4v) is 2.24. The molecule has 1 amide bonds. The Bertz CT molecular complexity index is 424. The maximum Gasteiger partial charge on any atom is 0.261 e. The zero-order chi connectivity index (χ0) is 14.4. The smallest absolute Gasteiger partial charge is 0.261 e. The van der Waals surface area contributed by atoms with E-state index in [4.69, 9.17) is 9.47 Å². The van der Waals surface area contributed by atoms with Crippen LogP contribution in [0.2, 0.25) is 0 Å². The number of hydrogen-bond donors (Lipinski definition) is 1. The van der Waals surface area contributed by atoms with Crippen LogP contribution in [0.4, 0.5) is 0 Å². The monoisotopic (exact) mass is 277 g/mol. The molecule has 1 aromatic rings. The van der Waals surface area contributed by atoms with E-state index in [1.54, 1.807) is 0 Å². The summed E-state index contributed by atoms with van der Waals surface area (Å²) in [4.78, 5) is 12.1. The van der Waals surface area contributed by atoms with E-state index in [1.165, 1.54) is 5.56 Å². The maximum absolute atomic E-state index is 12.1. The molecule has 110 valence electrons. The molecule has 1 fully saturated rings. The van der Waals surface area contributed by atoms with Gasteiger partial charge in [-0.3, -0.25) is 4.79 Å². The number of rotatable bonds is 6. The summed E-state index contributed by atoms with van der Waals surface area (Å²) >= 11 is 0. The Kier molecular flexibility index (Phi) is 5.41. The molecule has 1 N–H and O–H groups in total. The lowest BCUT2D eigenvalue weighted by atomic mass is 10.2. The average molecular weight is 277 g/mol. The molecule has 20 heavy (non-hydrogen) atoms. The van der Waals surface area contributed by atoms with Crippen LogP contribution in [0.25, 0.3) is 0 Å². The number of benzene rings is 1. The third-order valence-corrected chi connectivity index (χ3v) is 3.49. The number of nitrogens with one attached hydrogen (secondary N) is 1. The van der Waals surface area contributed by atoms with Gasteiger partial charge in [0.25, 0.3) is 5.91 Å². The largest absolute Gasteiger partial charge is 0.481 e. The highest BCUT2D eigenvalue weighted by atomic mass is 16.5. The normalized spacial score (nSPS) is 19.6. The van der Waals surface area contributed by atoms with Gasteiger partial charge in [-0.25, -0.2) is 0 Å². The van der Waals surface area contributed by atoms with Gasteiger partial charge in [-0.15, -0.1) is 0 Å². The van der Waals surface area contributed by atoms with Crippen molar-refractivity contribution >= 4 is 5.91 Å². The summed E-state index contributed by atoms with van der Waals surface area (Å²) in [5, 5.41) is 2.92. The van der Waals surface area contributed by atoms with Crippen molar-refractivity contribution in [1.82, 2.24) is 5.32 Å². The molecule has 0 aromatic heterocycles. The van der Waals surface area contributed by atoms with Crippen LogP contribution in [0.5, 0.6) is 5.75 Å². The lowest BCUT2D eigenvalue weighted by Gasteiger charge is -2.18. The zero-order valence-electron chi connectivity index (χ0n) is 12.2. The molecular weight excluding hydrogens is 254 g/mol. The molecule has 2 atom stereocenters. The number of carbonyl (C=O) groups excluding carboxylic acids is 1. The molecule has 1 aliphatic rings. The van der Waals surface area contributed by atoms with E-state index in [2.05, 4.69) is 5.32 Å². The highest BCUT2D eigenvalue weighted by Crippen LogP contribution is 2.15. The Balaban J connectivity index is 1.83. The van der Waals surface area contributed by atoms with Gasteiger partial charge in [-0.05, 0) is 38.3 Å². The van der Waals surface area contributed by atoms with Gasteiger partial charge in [0.2, 0.25) is 0 Å². The van der Waals surface area contributed by atoms with E-state index < -0.39 is 6.10 Å². The van der Waals surface area contributed by atoms with Crippen LogP contribution in [0.15, 0.2) is 24.3 Å². The quantitative estimate of drug-likeness (QED) is 0.869.